The van der Waals surface area contributed by atoms with Crippen LogP contribution in [0.1, 0.15) is 19.4 Å². The molecular weight excluding hydrogens is 238 g/mol. The number of quaternary nitrogens is 1. The van der Waals surface area contributed by atoms with Crippen LogP contribution in [0.3, 0.4) is 0 Å². The van der Waals surface area contributed by atoms with Crippen LogP contribution in [-0.4, -0.2) is 37.7 Å². The van der Waals surface area contributed by atoms with E-state index in [0.717, 1.165) is 17.6 Å². The molecule has 1 aromatic carbocycles. The molecule has 0 aliphatic carbocycles. The highest BCUT2D eigenvalue weighted by Gasteiger charge is 2.16. The highest BCUT2D eigenvalue weighted by atomic mass is 16.5. The largest absolute Gasteiger partial charge is 0.456 e. The van der Waals surface area contributed by atoms with Gasteiger partial charge in [0.1, 0.15) is 19.7 Å². The van der Waals surface area contributed by atoms with Crippen molar-refractivity contribution in [2.75, 3.05) is 27.2 Å². The van der Waals surface area contributed by atoms with Crippen LogP contribution in [0.25, 0.3) is 0 Å². The van der Waals surface area contributed by atoms with Gasteiger partial charge in [-0.3, -0.25) is 0 Å². The topological polar surface area (TPSA) is 26.3 Å². The van der Waals surface area contributed by atoms with E-state index in [9.17, 15) is 4.79 Å². The molecule has 1 rings (SSSR count). The number of likely N-dealkylation sites (N-methyl/N-ethyl adjacent to an activating group) is 1. The molecule has 1 aromatic rings. The standard InChI is InChI=1S/C16H24NO2/c1-5-14(2)16(18)19-12-11-17(3,4)13-15-9-7-6-8-10-15/h5-10H,11-13H2,1-4H3/q+1. The molecule has 0 aromatic heterocycles. The monoisotopic (exact) mass is 262 g/mol. The van der Waals surface area contributed by atoms with Gasteiger partial charge in [0.15, 0.2) is 0 Å². The van der Waals surface area contributed by atoms with Crippen molar-refractivity contribution in [3.8, 4) is 0 Å². The Hall–Kier alpha value is -1.61. The van der Waals surface area contributed by atoms with Gasteiger partial charge in [0.05, 0.1) is 14.1 Å². The number of benzene rings is 1. The highest BCUT2D eigenvalue weighted by molar-refractivity contribution is 5.87. The Morgan fingerprint density at radius 1 is 1.26 bits per heavy atom. The number of carbonyl (C=O) groups excluding carboxylic acids is 1. The van der Waals surface area contributed by atoms with E-state index in [2.05, 4.69) is 26.2 Å². The fraction of sp³-hybridized carbons (Fsp3) is 0.438. The van der Waals surface area contributed by atoms with E-state index in [1.54, 1.807) is 13.0 Å². The molecule has 104 valence electrons. The van der Waals surface area contributed by atoms with Gasteiger partial charge in [-0.1, -0.05) is 36.4 Å². The van der Waals surface area contributed by atoms with Crippen molar-refractivity contribution >= 4 is 5.97 Å². The van der Waals surface area contributed by atoms with E-state index < -0.39 is 0 Å². The lowest BCUT2D eigenvalue weighted by atomic mass is 10.2. The van der Waals surface area contributed by atoms with Gasteiger partial charge in [-0.2, -0.15) is 0 Å². The summed E-state index contributed by atoms with van der Waals surface area (Å²) in [6.45, 7) is 5.79. The average Bonchev–Trinajstić information content (AvgIpc) is 2.38. The third kappa shape index (κ3) is 5.71. The minimum Gasteiger partial charge on any atom is -0.456 e. The molecule has 0 atom stereocenters. The third-order valence-corrected chi connectivity index (χ3v) is 3.14. The van der Waals surface area contributed by atoms with Crippen molar-refractivity contribution in [1.82, 2.24) is 0 Å². The molecule has 3 nitrogen and oxygen atoms in total. The van der Waals surface area contributed by atoms with Gasteiger partial charge in [-0.05, 0) is 13.8 Å². The number of hydrogen-bond donors (Lipinski definition) is 0. The van der Waals surface area contributed by atoms with Gasteiger partial charge >= 0.3 is 5.97 Å². The summed E-state index contributed by atoms with van der Waals surface area (Å²) in [4.78, 5) is 11.5. The first-order chi connectivity index (χ1) is 8.94. The normalized spacial score (nSPS) is 12.3. The first-order valence-electron chi connectivity index (χ1n) is 6.60. The number of esters is 1. The molecule has 0 aliphatic rings. The molecule has 0 heterocycles. The Morgan fingerprint density at radius 2 is 1.89 bits per heavy atom. The lowest BCUT2D eigenvalue weighted by molar-refractivity contribution is -0.903. The zero-order chi connectivity index (χ0) is 14.3. The smallest absolute Gasteiger partial charge is 0.333 e. The van der Waals surface area contributed by atoms with E-state index in [1.807, 2.05) is 25.1 Å². The van der Waals surface area contributed by atoms with Crippen LogP contribution < -0.4 is 0 Å². The predicted octanol–water partition coefficient (Wildman–Crippen LogP) is 2.77. The molecule has 0 unspecified atom stereocenters. The average molecular weight is 262 g/mol. The maximum atomic E-state index is 11.5. The summed E-state index contributed by atoms with van der Waals surface area (Å²) >= 11 is 0. The quantitative estimate of drug-likeness (QED) is 0.448. The summed E-state index contributed by atoms with van der Waals surface area (Å²) < 4.78 is 6.04. The molecule has 19 heavy (non-hydrogen) atoms. The van der Waals surface area contributed by atoms with Crippen LogP contribution in [-0.2, 0) is 16.1 Å². The van der Waals surface area contributed by atoms with Crippen LogP contribution in [0.5, 0.6) is 0 Å². The third-order valence-electron chi connectivity index (χ3n) is 3.14. The van der Waals surface area contributed by atoms with E-state index in [-0.39, 0.29) is 5.97 Å². The summed E-state index contributed by atoms with van der Waals surface area (Å²) in [6.07, 6.45) is 1.77. The first-order valence-corrected chi connectivity index (χ1v) is 6.60. The maximum Gasteiger partial charge on any atom is 0.333 e. The summed E-state index contributed by atoms with van der Waals surface area (Å²) in [6, 6.07) is 10.4. The molecule has 0 aliphatic heterocycles. The molecule has 0 N–H and O–H groups in total. The molecule has 0 spiro atoms. The number of carbonyl (C=O) groups is 1. The number of allylic oxidation sites excluding steroid dienone is 1. The summed E-state index contributed by atoms with van der Waals surface area (Å²) in [5, 5.41) is 0. The maximum absolute atomic E-state index is 11.5. The second kappa shape index (κ2) is 7.10. The summed E-state index contributed by atoms with van der Waals surface area (Å²) in [5.41, 5.74) is 1.96. The van der Waals surface area contributed by atoms with Gasteiger partial charge in [0.2, 0.25) is 0 Å². The highest BCUT2D eigenvalue weighted by Crippen LogP contribution is 2.09. The number of nitrogens with zero attached hydrogens (tertiary/aromatic N) is 1. The Balaban J connectivity index is 2.41. The number of rotatable bonds is 6. The van der Waals surface area contributed by atoms with Crippen LogP contribution in [0.15, 0.2) is 42.0 Å². The van der Waals surface area contributed by atoms with Crippen molar-refractivity contribution in [2.45, 2.75) is 20.4 Å². The zero-order valence-corrected chi connectivity index (χ0v) is 12.3. The fourth-order valence-electron chi connectivity index (χ4n) is 1.77. The van der Waals surface area contributed by atoms with Gasteiger partial charge in [0, 0.05) is 11.1 Å². The molecule has 0 saturated heterocycles. The van der Waals surface area contributed by atoms with Crippen molar-refractivity contribution in [2.24, 2.45) is 0 Å². The summed E-state index contributed by atoms with van der Waals surface area (Å²) in [5.74, 6) is -0.220. The Morgan fingerprint density at radius 3 is 2.47 bits per heavy atom. The lowest BCUT2D eigenvalue weighted by Gasteiger charge is -2.29. The number of hydrogen-bond acceptors (Lipinski definition) is 2. The van der Waals surface area contributed by atoms with Crippen LogP contribution >= 0.6 is 0 Å². The van der Waals surface area contributed by atoms with Crippen molar-refractivity contribution in [3.05, 3.63) is 47.5 Å². The lowest BCUT2D eigenvalue weighted by Crippen LogP contribution is -2.41. The molecule has 0 bridgehead atoms. The predicted molar refractivity (Wildman–Crippen MR) is 77.5 cm³/mol. The van der Waals surface area contributed by atoms with E-state index >= 15 is 0 Å². The Labute approximate surface area is 116 Å². The van der Waals surface area contributed by atoms with Gasteiger partial charge in [-0.15, -0.1) is 0 Å². The molecule has 0 amide bonds. The molecule has 0 fully saturated rings. The van der Waals surface area contributed by atoms with Crippen molar-refractivity contribution < 1.29 is 14.0 Å². The second-order valence-corrected chi connectivity index (χ2v) is 5.41. The number of ether oxygens (including phenoxy) is 1. The molecular formula is C16H24NO2+. The van der Waals surface area contributed by atoms with E-state index in [4.69, 9.17) is 4.74 Å². The molecule has 0 saturated carbocycles. The van der Waals surface area contributed by atoms with Crippen molar-refractivity contribution in [1.29, 1.82) is 0 Å². The molecule has 0 radical (unpaired) electrons. The molecule has 3 heteroatoms. The Kier molecular flexibility index (Phi) is 5.77. The van der Waals surface area contributed by atoms with Gasteiger partial charge in [0.25, 0.3) is 0 Å². The SMILES string of the molecule is CC=C(C)C(=O)OCC[N+](C)(C)Cc1ccccc1. The first kappa shape index (κ1) is 15.4. The van der Waals surface area contributed by atoms with Crippen LogP contribution in [0.2, 0.25) is 0 Å². The minimum atomic E-state index is -0.220. The van der Waals surface area contributed by atoms with E-state index in [1.165, 1.54) is 5.56 Å². The Bertz CT molecular complexity index is 435. The van der Waals surface area contributed by atoms with Crippen LogP contribution in [0, 0.1) is 0 Å². The van der Waals surface area contributed by atoms with Gasteiger partial charge < -0.3 is 9.22 Å². The second-order valence-electron chi connectivity index (χ2n) is 5.41. The fourth-order valence-corrected chi connectivity index (χ4v) is 1.77. The van der Waals surface area contributed by atoms with Crippen LogP contribution in [0.4, 0.5) is 0 Å². The zero-order valence-electron chi connectivity index (χ0n) is 12.3. The van der Waals surface area contributed by atoms with Gasteiger partial charge in [-0.25, -0.2) is 4.79 Å². The summed E-state index contributed by atoms with van der Waals surface area (Å²) in [7, 11) is 4.28. The van der Waals surface area contributed by atoms with Crippen molar-refractivity contribution in [3.63, 3.8) is 0 Å². The minimum absolute atomic E-state index is 0.220. The van der Waals surface area contributed by atoms with E-state index in [0.29, 0.717) is 12.2 Å².